The number of carbonyl (C=O) groups is 1. The highest BCUT2D eigenvalue weighted by Crippen LogP contribution is 2.06. The Bertz CT molecular complexity index is 424. The van der Waals surface area contributed by atoms with E-state index in [9.17, 15) is 9.00 Å². The van der Waals surface area contributed by atoms with Gasteiger partial charge in [-0.15, -0.1) is 0 Å². The number of aromatic nitrogens is 1. The molecule has 0 saturated heterocycles. The Morgan fingerprint density at radius 3 is 2.57 bits per heavy atom. The normalized spacial score (nSPS) is 12.0. The summed E-state index contributed by atoms with van der Waals surface area (Å²) in [7, 11) is -0.999. The smallest absolute Gasteiger partial charge is 0.219 e. The summed E-state index contributed by atoms with van der Waals surface area (Å²) in [5.41, 5.74) is 0. The van der Waals surface area contributed by atoms with E-state index in [4.69, 9.17) is 0 Å². The molecule has 0 saturated carbocycles. The van der Waals surface area contributed by atoms with Gasteiger partial charge in [-0.05, 0) is 25.0 Å². The predicted molar refractivity (Wildman–Crippen MR) is 86.5 cm³/mol. The molecule has 1 aromatic heterocycles. The maximum absolute atomic E-state index is 11.9. The third kappa shape index (κ3) is 8.60. The second-order valence-corrected chi connectivity index (χ2v) is 6.67. The van der Waals surface area contributed by atoms with E-state index in [1.165, 1.54) is 19.3 Å². The van der Waals surface area contributed by atoms with Gasteiger partial charge in [-0.2, -0.15) is 0 Å². The van der Waals surface area contributed by atoms with Crippen molar-refractivity contribution < 1.29 is 9.00 Å². The van der Waals surface area contributed by atoms with Gasteiger partial charge in [0, 0.05) is 36.0 Å². The van der Waals surface area contributed by atoms with Crippen molar-refractivity contribution >= 4 is 16.7 Å². The molecule has 1 aromatic rings. The molecule has 0 aliphatic rings. The maximum Gasteiger partial charge on any atom is 0.219 e. The first-order valence-corrected chi connectivity index (χ1v) is 9.11. The molecule has 1 atom stereocenters. The van der Waals surface area contributed by atoms with E-state index in [-0.39, 0.29) is 5.91 Å². The van der Waals surface area contributed by atoms with Crippen LogP contribution in [-0.2, 0) is 15.6 Å². The van der Waals surface area contributed by atoms with Gasteiger partial charge in [0.15, 0.2) is 0 Å². The number of pyridine rings is 1. The quantitative estimate of drug-likeness (QED) is 0.639. The lowest BCUT2D eigenvalue weighted by Crippen LogP contribution is -2.25. The highest BCUT2D eigenvalue weighted by molar-refractivity contribution is 7.85. The van der Waals surface area contributed by atoms with Crippen LogP contribution in [0, 0.1) is 0 Å². The Morgan fingerprint density at radius 2 is 1.86 bits per heavy atom. The van der Waals surface area contributed by atoms with Crippen LogP contribution in [0.15, 0.2) is 29.4 Å². The largest absolute Gasteiger partial charge is 0.356 e. The minimum atomic E-state index is -0.999. The van der Waals surface area contributed by atoms with Gasteiger partial charge in [-0.25, -0.2) is 0 Å². The summed E-state index contributed by atoms with van der Waals surface area (Å²) in [5.74, 6) is 0.682. The van der Waals surface area contributed by atoms with Crippen LogP contribution in [0.2, 0.25) is 0 Å². The van der Waals surface area contributed by atoms with E-state index in [2.05, 4.69) is 17.2 Å². The number of nitrogens with one attached hydrogen (secondary N) is 1. The topological polar surface area (TPSA) is 59.1 Å². The van der Waals surface area contributed by atoms with Crippen LogP contribution in [0.5, 0.6) is 0 Å². The first-order valence-electron chi connectivity index (χ1n) is 7.79. The highest BCUT2D eigenvalue weighted by atomic mass is 32.2. The van der Waals surface area contributed by atoms with Crippen LogP contribution in [0.4, 0.5) is 0 Å². The summed E-state index contributed by atoms with van der Waals surface area (Å²) in [4.78, 5) is 16.3. The minimum absolute atomic E-state index is 0.112. The zero-order chi connectivity index (χ0) is 15.3. The standard InChI is InChI=1S/C16H26N2O2S/c1-2-3-4-5-6-8-16(19)18-11-7-14-21(20)15-9-12-17-13-10-15/h9-10,12-13H,2-8,11,14H2,1H3,(H,18,19). The maximum atomic E-state index is 11.9. The van der Waals surface area contributed by atoms with Crippen LogP contribution in [0.3, 0.4) is 0 Å². The van der Waals surface area contributed by atoms with E-state index in [0.717, 1.165) is 24.2 Å². The molecular formula is C16H26N2O2S. The molecule has 5 heteroatoms. The molecule has 1 unspecified atom stereocenters. The summed E-state index contributed by atoms with van der Waals surface area (Å²) in [6.07, 6.45) is 10.4. The number of hydrogen-bond donors (Lipinski definition) is 1. The zero-order valence-corrected chi connectivity index (χ0v) is 13.7. The third-order valence-corrected chi connectivity index (χ3v) is 4.71. The summed E-state index contributed by atoms with van der Waals surface area (Å²) in [6, 6.07) is 3.54. The van der Waals surface area contributed by atoms with Crippen molar-refractivity contribution in [3.63, 3.8) is 0 Å². The van der Waals surface area contributed by atoms with Gasteiger partial charge in [0.2, 0.25) is 5.91 Å². The molecule has 1 amide bonds. The molecule has 21 heavy (non-hydrogen) atoms. The fourth-order valence-electron chi connectivity index (χ4n) is 2.02. The van der Waals surface area contributed by atoms with Gasteiger partial charge in [0.25, 0.3) is 0 Å². The molecule has 0 fully saturated rings. The van der Waals surface area contributed by atoms with Gasteiger partial charge < -0.3 is 5.32 Å². The van der Waals surface area contributed by atoms with E-state index in [1.807, 2.05) is 0 Å². The molecule has 4 nitrogen and oxygen atoms in total. The molecule has 0 spiro atoms. The SMILES string of the molecule is CCCCCCCC(=O)NCCCS(=O)c1ccncc1. The molecule has 1 heterocycles. The Hall–Kier alpha value is -1.23. The summed E-state index contributed by atoms with van der Waals surface area (Å²) < 4.78 is 11.9. The molecule has 1 N–H and O–H groups in total. The molecule has 0 bridgehead atoms. The Morgan fingerprint density at radius 1 is 1.14 bits per heavy atom. The fraction of sp³-hybridized carbons (Fsp3) is 0.625. The number of carbonyl (C=O) groups excluding carboxylic acids is 1. The van der Waals surface area contributed by atoms with Crippen molar-refractivity contribution in [3.8, 4) is 0 Å². The average molecular weight is 310 g/mol. The lowest BCUT2D eigenvalue weighted by Gasteiger charge is -2.05. The lowest BCUT2D eigenvalue weighted by molar-refractivity contribution is -0.121. The number of amides is 1. The Balaban J connectivity index is 2.03. The second-order valence-electron chi connectivity index (χ2n) is 5.10. The third-order valence-electron chi connectivity index (χ3n) is 3.25. The van der Waals surface area contributed by atoms with Crippen molar-refractivity contribution in [2.24, 2.45) is 0 Å². The summed E-state index contributed by atoms with van der Waals surface area (Å²) in [6.45, 7) is 2.78. The molecule has 0 aliphatic carbocycles. The second kappa shape index (κ2) is 11.4. The summed E-state index contributed by atoms with van der Waals surface area (Å²) in [5, 5.41) is 2.89. The first kappa shape index (κ1) is 17.8. The van der Waals surface area contributed by atoms with E-state index < -0.39 is 10.8 Å². The first-order chi connectivity index (χ1) is 10.2. The monoisotopic (exact) mass is 310 g/mol. The van der Waals surface area contributed by atoms with Crippen molar-refractivity contribution in [3.05, 3.63) is 24.5 Å². The van der Waals surface area contributed by atoms with Crippen molar-refractivity contribution in [1.82, 2.24) is 10.3 Å². The van der Waals surface area contributed by atoms with Gasteiger partial charge >= 0.3 is 0 Å². The fourth-order valence-corrected chi connectivity index (χ4v) is 3.08. The average Bonchev–Trinajstić information content (AvgIpc) is 2.52. The number of nitrogens with zero attached hydrogens (tertiary/aromatic N) is 1. The van der Waals surface area contributed by atoms with Gasteiger partial charge in [-0.3, -0.25) is 14.0 Å². The van der Waals surface area contributed by atoms with Crippen molar-refractivity contribution in [2.75, 3.05) is 12.3 Å². The molecule has 0 aromatic carbocycles. The Labute approximate surface area is 130 Å². The van der Waals surface area contributed by atoms with Crippen molar-refractivity contribution in [2.45, 2.75) is 56.8 Å². The molecule has 118 valence electrons. The van der Waals surface area contributed by atoms with Crippen LogP contribution in [0.1, 0.15) is 51.9 Å². The van der Waals surface area contributed by atoms with Crippen LogP contribution in [0.25, 0.3) is 0 Å². The van der Waals surface area contributed by atoms with Gasteiger partial charge in [0.1, 0.15) is 0 Å². The number of rotatable bonds is 11. The van der Waals surface area contributed by atoms with Crippen LogP contribution < -0.4 is 5.32 Å². The van der Waals surface area contributed by atoms with Gasteiger partial charge in [0.05, 0.1) is 10.8 Å². The minimum Gasteiger partial charge on any atom is -0.356 e. The molecular weight excluding hydrogens is 284 g/mol. The van der Waals surface area contributed by atoms with E-state index >= 15 is 0 Å². The number of unbranched alkanes of at least 4 members (excludes halogenated alkanes) is 4. The Kier molecular flexibility index (Phi) is 9.70. The van der Waals surface area contributed by atoms with E-state index in [1.54, 1.807) is 24.5 Å². The highest BCUT2D eigenvalue weighted by Gasteiger charge is 2.04. The van der Waals surface area contributed by atoms with Gasteiger partial charge in [-0.1, -0.05) is 32.6 Å². The predicted octanol–water partition coefficient (Wildman–Crippen LogP) is 3.06. The van der Waals surface area contributed by atoms with E-state index in [0.29, 0.717) is 18.7 Å². The van der Waals surface area contributed by atoms with Crippen LogP contribution in [-0.4, -0.2) is 27.4 Å². The van der Waals surface area contributed by atoms with Crippen molar-refractivity contribution in [1.29, 1.82) is 0 Å². The van der Waals surface area contributed by atoms with Crippen LogP contribution >= 0.6 is 0 Å². The molecule has 1 rings (SSSR count). The molecule has 0 aliphatic heterocycles. The summed E-state index contributed by atoms with van der Waals surface area (Å²) >= 11 is 0. The lowest BCUT2D eigenvalue weighted by atomic mass is 10.1. The number of hydrogen-bond acceptors (Lipinski definition) is 3. The zero-order valence-electron chi connectivity index (χ0n) is 12.8. The molecule has 0 radical (unpaired) electrons.